The van der Waals surface area contributed by atoms with Crippen molar-refractivity contribution < 1.29 is 9.53 Å². The number of hydrogen-bond acceptors (Lipinski definition) is 4. The molecule has 0 aliphatic rings. The quantitative estimate of drug-likeness (QED) is 0.521. The molecule has 19 heavy (non-hydrogen) atoms. The predicted molar refractivity (Wildman–Crippen MR) is 75.7 cm³/mol. The highest BCUT2D eigenvalue weighted by molar-refractivity contribution is 9.10. The predicted octanol–water partition coefficient (Wildman–Crippen LogP) is 2.47. The summed E-state index contributed by atoms with van der Waals surface area (Å²) in [6.07, 6.45) is 6.06. The number of aryl methyl sites for hydroxylation is 1. The second kappa shape index (κ2) is 6.38. The van der Waals surface area contributed by atoms with Gasteiger partial charge in [0.2, 0.25) is 0 Å². The summed E-state index contributed by atoms with van der Waals surface area (Å²) < 4.78 is 7.72. The number of nitrogen functional groups attached to an aromatic ring is 1. The normalized spacial score (nSPS) is 10.4. The van der Waals surface area contributed by atoms with Crippen molar-refractivity contribution in [2.24, 2.45) is 0 Å². The molecule has 6 heteroatoms. The van der Waals surface area contributed by atoms with Crippen LogP contribution >= 0.6 is 15.9 Å². The number of nitrogens with two attached hydrogens (primary N) is 1. The van der Waals surface area contributed by atoms with Crippen LogP contribution in [0, 0.1) is 0 Å². The number of carbonyl (C=O) groups is 1. The molecule has 0 saturated heterocycles. The van der Waals surface area contributed by atoms with Crippen LogP contribution in [-0.2, 0) is 11.3 Å². The number of carbonyl (C=O) groups excluding carboxylic acids is 1. The van der Waals surface area contributed by atoms with E-state index in [1.165, 1.54) is 0 Å². The zero-order valence-corrected chi connectivity index (χ0v) is 11.8. The van der Waals surface area contributed by atoms with E-state index < -0.39 is 0 Å². The second-order valence-corrected chi connectivity index (χ2v) is 4.79. The van der Waals surface area contributed by atoms with Gasteiger partial charge in [-0.15, -0.1) is 0 Å². The van der Waals surface area contributed by atoms with Gasteiger partial charge >= 0.3 is 5.97 Å². The first-order valence-corrected chi connectivity index (χ1v) is 6.64. The molecular weight excluding hydrogens is 310 g/mol. The number of anilines is 1. The summed E-state index contributed by atoms with van der Waals surface area (Å²) in [5.74, 6) is -0.371. The Morgan fingerprint density at radius 1 is 1.47 bits per heavy atom. The standard InChI is InChI=1S/C13H14BrN3O2/c14-12-10(3-1-4-11(12)15)13(18)19-8-2-6-17-7-5-16-9-17/h1,3-5,7,9H,2,6,8,15H2. The molecular formula is C13H14BrN3O2. The number of aromatic nitrogens is 2. The lowest BCUT2D eigenvalue weighted by Crippen LogP contribution is -2.09. The van der Waals surface area contributed by atoms with E-state index in [4.69, 9.17) is 10.5 Å². The van der Waals surface area contributed by atoms with Gasteiger partial charge < -0.3 is 15.0 Å². The van der Waals surface area contributed by atoms with Gasteiger partial charge in [0.15, 0.2) is 0 Å². The molecule has 1 aromatic heterocycles. The van der Waals surface area contributed by atoms with E-state index in [9.17, 15) is 4.79 Å². The molecule has 2 aromatic rings. The maximum Gasteiger partial charge on any atom is 0.339 e. The Bertz CT molecular complexity index is 555. The van der Waals surface area contributed by atoms with E-state index in [0.717, 1.165) is 13.0 Å². The molecule has 2 N–H and O–H groups in total. The lowest BCUT2D eigenvalue weighted by Gasteiger charge is -2.08. The van der Waals surface area contributed by atoms with E-state index in [-0.39, 0.29) is 5.97 Å². The molecule has 0 bridgehead atoms. The van der Waals surface area contributed by atoms with Crippen LogP contribution < -0.4 is 5.73 Å². The third-order valence-electron chi connectivity index (χ3n) is 2.60. The summed E-state index contributed by atoms with van der Waals surface area (Å²) in [5.41, 5.74) is 6.68. The highest BCUT2D eigenvalue weighted by Gasteiger charge is 2.12. The number of benzene rings is 1. The van der Waals surface area contributed by atoms with Gasteiger partial charge in [0, 0.05) is 24.6 Å². The van der Waals surface area contributed by atoms with Crippen molar-refractivity contribution in [3.05, 3.63) is 47.0 Å². The van der Waals surface area contributed by atoms with E-state index in [0.29, 0.717) is 22.3 Å². The number of rotatable bonds is 5. The topological polar surface area (TPSA) is 70.1 Å². The molecule has 0 unspecified atom stereocenters. The summed E-state index contributed by atoms with van der Waals surface area (Å²) in [4.78, 5) is 15.8. The molecule has 0 radical (unpaired) electrons. The number of nitrogens with zero attached hydrogens (tertiary/aromatic N) is 2. The Morgan fingerprint density at radius 2 is 2.32 bits per heavy atom. The van der Waals surface area contributed by atoms with E-state index in [1.807, 2.05) is 10.8 Å². The van der Waals surface area contributed by atoms with Gasteiger partial charge in [0.25, 0.3) is 0 Å². The highest BCUT2D eigenvalue weighted by atomic mass is 79.9. The molecule has 100 valence electrons. The van der Waals surface area contributed by atoms with Crippen molar-refractivity contribution in [1.82, 2.24) is 9.55 Å². The van der Waals surface area contributed by atoms with Crippen LogP contribution in [0.1, 0.15) is 16.8 Å². The molecule has 5 nitrogen and oxygen atoms in total. The van der Waals surface area contributed by atoms with Crippen LogP contribution in [0.5, 0.6) is 0 Å². The van der Waals surface area contributed by atoms with Gasteiger partial charge in [-0.3, -0.25) is 0 Å². The van der Waals surface area contributed by atoms with Gasteiger partial charge in [-0.25, -0.2) is 9.78 Å². The van der Waals surface area contributed by atoms with E-state index in [2.05, 4.69) is 20.9 Å². The fraction of sp³-hybridized carbons (Fsp3) is 0.231. The van der Waals surface area contributed by atoms with Crippen LogP contribution in [0.15, 0.2) is 41.4 Å². The first-order chi connectivity index (χ1) is 9.18. The summed E-state index contributed by atoms with van der Waals surface area (Å²) in [6.45, 7) is 1.13. The van der Waals surface area contributed by atoms with Crippen LogP contribution in [-0.4, -0.2) is 22.1 Å². The van der Waals surface area contributed by atoms with Crippen LogP contribution in [0.4, 0.5) is 5.69 Å². The lowest BCUT2D eigenvalue weighted by molar-refractivity contribution is 0.0495. The Hall–Kier alpha value is -1.82. The maximum atomic E-state index is 11.9. The van der Waals surface area contributed by atoms with Crippen molar-refractivity contribution in [3.8, 4) is 0 Å². The summed E-state index contributed by atoms with van der Waals surface area (Å²) in [7, 11) is 0. The Morgan fingerprint density at radius 3 is 3.05 bits per heavy atom. The van der Waals surface area contributed by atoms with Gasteiger partial charge in [-0.1, -0.05) is 6.07 Å². The average molecular weight is 324 g/mol. The van der Waals surface area contributed by atoms with Crippen molar-refractivity contribution in [2.45, 2.75) is 13.0 Å². The fourth-order valence-corrected chi connectivity index (χ4v) is 2.04. The van der Waals surface area contributed by atoms with Crippen LogP contribution in [0.3, 0.4) is 0 Å². The van der Waals surface area contributed by atoms with Crippen LogP contribution in [0.2, 0.25) is 0 Å². The summed E-state index contributed by atoms with van der Waals surface area (Å²) in [6, 6.07) is 5.13. The minimum absolute atomic E-state index is 0.359. The highest BCUT2D eigenvalue weighted by Crippen LogP contribution is 2.24. The van der Waals surface area contributed by atoms with Gasteiger partial charge in [0.05, 0.1) is 23.0 Å². The summed E-state index contributed by atoms with van der Waals surface area (Å²) >= 11 is 3.28. The Balaban J connectivity index is 1.83. The molecule has 0 aliphatic heterocycles. The second-order valence-electron chi connectivity index (χ2n) is 4.00. The van der Waals surface area contributed by atoms with Crippen molar-refractivity contribution in [3.63, 3.8) is 0 Å². The number of imidazole rings is 1. The third-order valence-corrected chi connectivity index (χ3v) is 3.49. The maximum absolute atomic E-state index is 11.9. The minimum Gasteiger partial charge on any atom is -0.462 e. The molecule has 0 saturated carbocycles. The first kappa shape index (κ1) is 13.6. The SMILES string of the molecule is Nc1cccc(C(=O)OCCCn2ccnc2)c1Br. The van der Waals surface area contributed by atoms with E-state index in [1.54, 1.807) is 30.7 Å². The molecule has 0 fully saturated rings. The number of hydrogen-bond donors (Lipinski definition) is 1. The van der Waals surface area contributed by atoms with Crippen molar-refractivity contribution in [1.29, 1.82) is 0 Å². The summed E-state index contributed by atoms with van der Waals surface area (Å²) in [5, 5.41) is 0. The minimum atomic E-state index is -0.371. The largest absolute Gasteiger partial charge is 0.462 e. The Kier molecular flexibility index (Phi) is 4.57. The molecule has 2 rings (SSSR count). The molecule has 1 heterocycles. The Labute approximate surface area is 119 Å². The third kappa shape index (κ3) is 3.57. The van der Waals surface area contributed by atoms with Gasteiger partial charge in [-0.2, -0.15) is 0 Å². The first-order valence-electron chi connectivity index (χ1n) is 5.85. The van der Waals surface area contributed by atoms with E-state index >= 15 is 0 Å². The van der Waals surface area contributed by atoms with Gasteiger partial charge in [-0.05, 0) is 34.5 Å². The van der Waals surface area contributed by atoms with Crippen molar-refractivity contribution >= 4 is 27.6 Å². The smallest absolute Gasteiger partial charge is 0.339 e. The number of esters is 1. The number of ether oxygens (including phenoxy) is 1. The monoisotopic (exact) mass is 323 g/mol. The zero-order valence-electron chi connectivity index (χ0n) is 10.3. The number of halogens is 1. The van der Waals surface area contributed by atoms with Gasteiger partial charge in [0.1, 0.15) is 0 Å². The zero-order chi connectivity index (χ0) is 13.7. The lowest BCUT2D eigenvalue weighted by atomic mass is 10.2. The molecule has 0 spiro atoms. The fourth-order valence-electron chi connectivity index (χ4n) is 1.62. The van der Waals surface area contributed by atoms with Crippen molar-refractivity contribution in [2.75, 3.05) is 12.3 Å². The van der Waals surface area contributed by atoms with Crippen LogP contribution in [0.25, 0.3) is 0 Å². The molecule has 0 atom stereocenters. The molecule has 1 aromatic carbocycles. The molecule has 0 aliphatic carbocycles. The molecule has 0 amide bonds. The average Bonchev–Trinajstić information content (AvgIpc) is 2.91.